The van der Waals surface area contributed by atoms with Gasteiger partial charge in [0, 0.05) is 24.3 Å². The minimum absolute atomic E-state index is 0.0349. The van der Waals surface area contributed by atoms with E-state index in [1.807, 2.05) is 25.1 Å². The van der Waals surface area contributed by atoms with Gasteiger partial charge in [0.2, 0.25) is 5.91 Å². The maximum Gasteiger partial charge on any atom is 0.240 e. The summed E-state index contributed by atoms with van der Waals surface area (Å²) in [6, 6.07) is 5.99. The fourth-order valence-electron chi connectivity index (χ4n) is 2.48. The molecule has 1 atom stereocenters. The van der Waals surface area contributed by atoms with Gasteiger partial charge in [0.1, 0.15) is 5.82 Å². The zero-order valence-electron chi connectivity index (χ0n) is 11.3. The van der Waals surface area contributed by atoms with E-state index in [0.717, 1.165) is 34.6 Å². The highest BCUT2D eigenvalue weighted by Crippen LogP contribution is 2.20. The van der Waals surface area contributed by atoms with Crippen LogP contribution in [0, 0.1) is 5.92 Å². The molecule has 1 aliphatic heterocycles. The molecule has 6 nitrogen and oxygen atoms in total. The van der Waals surface area contributed by atoms with Crippen molar-refractivity contribution in [1.29, 1.82) is 0 Å². The fourth-order valence-corrected chi connectivity index (χ4v) is 2.48. The standard InChI is InChI=1S/C14H17N5O/c1-8-6-13(20)18-19-14(8)9-2-3-10-11(7-9)17-12(16-10)4-5-15/h2-3,7-8H,4-6,15H2,1H3,(H,16,17)(H,18,20). The highest BCUT2D eigenvalue weighted by molar-refractivity contribution is 6.07. The Labute approximate surface area is 116 Å². The van der Waals surface area contributed by atoms with E-state index in [1.54, 1.807) is 0 Å². The van der Waals surface area contributed by atoms with E-state index < -0.39 is 0 Å². The normalized spacial score (nSPS) is 19.0. The lowest BCUT2D eigenvalue weighted by Gasteiger charge is -2.18. The molecule has 1 amide bonds. The quantitative estimate of drug-likeness (QED) is 0.774. The molecular weight excluding hydrogens is 254 g/mol. The van der Waals surface area contributed by atoms with Crippen LogP contribution in [-0.4, -0.2) is 28.1 Å². The Morgan fingerprint density at radius 2 is 2.30 bits per heavy atom. The number of H-pyrrole nitrogens is 1. The van der Waals surface area contributed by atoms with Gasteiger partial charge in [-0.25, -0.2) is 10.4 Å². The van der Waals surface area contributed by atoms with Crippen LogP contribution in [0.4, 0.5) is 0 Å². The number of benzene rings is 1. The fraction of sp³-hybridized carbons (Fsp3) is 0.357. The maximum atomic E-state index is 11.3. The zero-order chi connectivity index (χ0) is 14.1. The van der Waals surface area contributed by atoms with Crippen molar-refractivity contribution >= 4 is 22.7 Å². The first kappa shape index (κ1) is 12.8. The minimum Gasteiger partial charge on any atom is -0.342 e. The number of nitrogens with two attached hydrogens (primary N) is 1. The Bertz CT molecular complexity index is 688. The second kappa shape index (κ2) is 5.05. The van der Waals surface area contributed by atoms with Crippen molar-refractivity contribution < 1.29 is 4.79 Å². The number of carbonyl (C=O) groups is 1. The Morgan fingerprint density at radius 3 is 3.05 bits per heavy atom. The summed E-state index contributed by atoms with van der Waals surface area (Å²) < 4.78 is 0. The molecule has 1 unspecified atom stereocenters. The molecule has 0 saturated heterocycles. The SMILES string of the molecule is CC1CC(=O)NN=C1c1ccc2[nH]c(CCN)nc2c1. The maximum absolute atomic E-state index is 11.3. The molecule has 2 aromatic rings. The van der Waals surface area contributed by atoms with Crippen molar-refractivity contribution in [1.82, 2.24) is 15.4 Å². The summed E-state index contributed by atoms with van der Waals surface area (Å²) in [7, 11) is 0. The average molecular weight is 271 g/mol. The van der Waals surface area contributed by atoms with Crippen LogP contribution in [0.1, 0.15) is 24.7 Å². The molecule has 1 aromatic heterocycles. The number of hydrogen-bond acceptors (Lipinski definition) is 4. The Hall–Kier alpha value is -2.21. The van der Waals surface area contributed by atoms with Gasteiger partial charge in [-0.05, 0) is 18.7 Å². The van der Waals surface area contributed by atoms with E-state index in [4.69, 9.17) is 5.73 Å². The monoisotopic (exact) mass is 271 g/mol. The lowest BCUT2D eigenvalue weighted by molar-refractivity contribution is -0.121. The van der Waals surface area contributed by atoms with E-state index in [-0.39, 0.29) is 11.8 Å². The number of nitrogens with zero attached hydrogens (tertiary/aromatic N) is 2. The van der Waals surface area contributed by atoms with Crippen LogP contribution in [0.3, 0.4) is 0 Å². The van der Waals surface area contributed by atoms with Crippen molar-refractivity contribution in [3.8, 4) is 0 Å². The van der Waals surface area contributed by atoms with Crippen LogP contribution in [0.5, 0.6) is 0 Å². The number of nitrogens with one attached hydrogen (secondary N) is 2. The first-order chi connectivity index (χ1) is 9.67. The number of aromatic nitrogens is 2. The van der Waals surface area contributed by atoms with E-state index in [0.29, 0.717) is 13.0 Å². The van der Waals surface area contributed by atoms with Crippen molar-refractivity contribution in [3.05, 3.63) is 29.6 Å². The Kier molecular flexibility index (Phi) is 3.23. The second-order valence-corrected chi connectivity index (χ2v) is 5.09. The summed E-state index contributed by atoms with van der Waals surface area (Å²) in [6.07, 6.45) is 1.20. The van der Waals surface area contributed by atoms with Crippen LogP contribution in [0.25, 0.3) is 11.0 Å². The van der Waals surface area contributed by atoms with Gasteiger partial charge in [-0.15, -0.1) is 0 Å². The van der Waals surface area contributed by atoms with E-state index in [9.17, 15) is 4.79 Å². The molecule has 1 aliphatic rings. The number of aromatic amines is 1. The molecular formula is C14H17N5O. The molecule has 20 heavy (non-hydrogen) atoms. The largest absolute Gasteiger partial charge is 0.342 e. The van der Waals surface area contributed by atoms with Crippen LogP contribution < -0.4 is 11.2 Å². The van der Waals surface area contributed by atoms with Crippen LogP contribution in [0.15, 0.2) is 23.3 Å². The third-order valence-corrected chi connectivity index (χ3v) is 3.47. The summed E-state index contributed by atoms with van der Waals surface area (Å²) in [6.45, 7) is 2.58. The summed E-state index contributed by atoms with van der Waals surface area (Å²) in [5, 5.41) is 4.17. The second-order valence-electron chi connectivity index (χ2n) is 5.09. The van der Waals surface area contributed by atoms with Gasteiger partial charge in [0.15, 0.2) is 0 Å². The van der Waals surface area contributed by atoms with Crippen molar-refractivity contribution in [3.63, 3.8) is 0 Å². The summed E-state index contributed by atoms with van der Waals surface area (Å²) >= 11 is 0. The van der Waals surface area contributed by atoms with Crippen LogP contribution in [-0.2, 0) is 11.2 Å². The number of hydrazone groups is 1. The average Bonchev–Trinajstić information content (AvgIpc) is 2.80. The van der Waals surface area contributed by atoms with Crippen LogP contribution in [0.2, 0.25) is 0 Å². The third kappa shape index (κ3) is 2.30. The number of imidazole rings is 1. The number of rotatable bonds is 3. The number of amides is 1. The van der Waals surface area contributed by atoms with Gasteiger partial charge in [0.25, 0.3) is 0 Å². The molecule has 4 N–H and O–H groups in total. The highest BCUT2D eigenvalue weighted by atomic mass is 16.2. The van der Waals surface area contributed by atoms with E-state index in [1.165, 1.54) is 0 Å². The summed E-state index contributed by atoms with van der Waals surface area (Å²) in [5.41, 5.74) is 11.9. The molecule has 0 radical (unpaired) electrons. The van der Waals surface area contributed by atoms with Crippen molar-refractivity contribution in [2.75, 3.05) is 6.54 Å². The Morgan fingerprint density at radius 1 is 1.45 bits per heavy atom. The van der Waals surface area contributed by atoms with Crippen molar-refractivity contribution in [2.45, 2.75) is 19.8 Å². The first-order valence-electron chi connectivity index (χ1n) is 6.73. The molecule has 0 bridgehead atoms. The van der Waals surface area contributed by atoms with Gasteiger partial charge in [-0.2, -0.15) is 5.10 Å². The number of carbonyl (C=O) groups excluding carboxylic acids is 1. The van der Waals surface area contributed by atoms with E-state index in [2.05, 4.69) is 20.5 Å². The molecule has 0 aliphatic carbocycles. The van der Waals surface area contributed by atoms with Gasteiger partial charge in [-0.3, -0.25) is 4.79 Å². The smallest absolute Gasteiger partial charge is 0.240 e. The van der Waals surface area contributed by atoms with Gasteiger partial charge in [0.05, 0.1) is 16.7 Å². The zero-order valence-corrected chi connectivity index (χ0v) is 11.3. The summed E-state index contributed by atoms with van der Waals surface area (Å²) in [5.74, 6) is 0.975. The lowest BCUT2D eigenvalue weighted by Crippen LogP contribution is -2.31. The van der Waals surface area contributed by atoms with E-state index >= 15 is 0 Å². The molecule has 104 valence electrons. The van der Waals surface area contributed by atoms with Gasteiger partial charge in [-0.1, -0.05) is 13.0 Å². The summed E-state index contributed by atoms with van der Waals surface area (Å²) in [4.78, 5) is 19.1. The molecule has 0 fully saturated rings. The van der Waals surface area contributed by atoms with Crippen LogP contribution >= 0.6 is 0 Å². The van der Waals surface area contributed by atoms with Gasteiger partial charge < -0.3 is 10.7 Å². The highest BCUT2D eigenvalue weighted by Gasteiger charge is 2.21. The molecule has 6 heteroatoms. The topological polar surface area (TPSA) is 96.2 Å². The molecule has 1 aromatic carbocycles. The number of hydrogen-bond donors (Lipinski definition) is 3. The molecule has 3 rings (SSSR count). The predicted octanol–water partition coefficient (Wildman–Crippen LogP) is 0.924. The predicted molar refractivity (Wildman–Crippen MR) is 77.3 cm³/mol. The lowest BCUT2D eigenvalue weighted by atomic mass is 9.94. The molecule has 0 spiro atoms. The third-order valence-electron chi connectivity index (χ3n) is 3.47. The first-order valence-corrected chi connectivity index (χ1v) is 6.73. The Balaban J connectivity index is 1.98. The molecule has 0 saturated carbocycles. The minimum atomic E-state index is -0.0349. The van der Waals surface area contributed by atoms with Gasteiger partial charge >= 0.3 is 0 Å². The molecule has 2 heterocycles. The number of fused-ring (bicyclic) bond motifs is 1. The van der Waals surface area contributed by atoms with Crippen molar-refractivity contribution in [2.24, 2.45) is 16.8 Å².